The van der Waals surface area contributed by atoms with Crippen LogP contribution in [-0.2, 0) is 0 Å². The maximum atomic E-state index is 4.63. The zero-order chi connectivity index (χ0) is 10.7. The normalized spacial score (nSPS) is 12.7. The lowest BCUT2D eigenvalue weighted by molar-refractivity contribution is 0.714. The van der Waals surface area contributed by atoms with Crippen molar-refractivity contribution in [1.82, 2.24) is 9.97 Å². The van der Waals surface area contributed by atoms with Crippen LogP contribution in [0.15, 0.2) is 29.9 Å². The van der Waals surface area contributed by atoms with E-state index < -0.39 is 0 Å². The molecule has 1 atom stereocenters. The minimum Gasteiger partial charge on any atom is -0.264 e. The molecule has 0 fully saturated rings. The summed E-state index contributed by atoms with van der Waals surface area (Å²) in [6.45, 7) is 4.40. The predicted molar refractivity (Wildman–Crippen MR) is 64.1 cm³/mol. The van der Waals surface area contributed by atoms with Gasteiger partial charge in [0.25, 0.3) is 0 Å². The molecule has 2 heterocycles. The van der Waals surface area contributed by atoms with Gasteiger partial charge >= 0.3 is 0 Å². The molecule has 0 bridgehead atoms. The Morgan fingerprint density at radius 3 is 3.00 bits per heavy atom. The standard InChI is InChI=1S/C12H14N2S/c1-3-9(2)11-8-15-12(14-11)10-5-4-6-13-7-10/h4-9H,3H2,1-2H3. The molecule has 78 valence electrons. The van der Waals surface area contributed by atoms with Crippen LogP contribution in [0.25, 0.3) is 10.6 Å². The summed E-state index contributed by atoms with van der Waals surface area (Å²) in [7, 11) is 0. The predicted octanol–water partition coefficient (Wildman–Crippen LogP) is 3.72. The molecule has 0 aliphatic heterocycles. The van der Waals surface area contributed by atoms with Crippen LogP contribution < -0.4 is 0 Å². The van der Waals surface area contributed by atoms with E-state index in [9.17, 15) is 0 Å². The molecule has 0 aliphatic rings. The molecular formula is C12H14N2S. The van der Waals surface area contributed by atoms with Gasteiger partial charge in [0.2, 0.25) is 0 Å². The summed E-state index contributed by atoms with van der Waals surface area (Å²) in [5, 5.41) is 3.22. The van der Waals surface area contributed by atoms with E-state index in [1.54, 1.807) is 17.5 Å². The molecule has 0 spiro atoms. The highest BCUT2D eigenvalue weighted by Crippen LogP contribution is 2.27. The largest absolute Gasteiger partial charge is 0.264 e. The molecule has 2 rings (SSSR count). The number of aromatic nitrogens is 2. The van der Waals surface area contributed by atoms with Gasteiger partial charge in [-0.15, -0.1) is 11.3 Å². The molecule has 0 aliphatic carbocycles. The summed E-state index contributed by atoms with van der Waals surface area (Å²) in [6.07, 6.45) is 4.78. The summed E-state index contributed by atoms with van der Waals surface area (Å²) >= 11 is 1.70. The van der Waals surface area contributed by atoms with E-state index in [2.05, 4.69) is 29.2 Å². The van der Waals surface area contributed by atoms with Crippen molar-refractivity contribution < 1.29 is 0 Å². The molecule has 2 aromatic heterocycles. The lowest BCUT2D eigenvalue weighted by atomic mass is 10.1. The van der Waals surface area contributed by atoms with Crippen molar-refractivity contribution in [3.63, 3.8) is 0 Å². The molecule has 3 heteroatoms. The maximum absolute atomic E-state index is 4.63. The van der Waals surface area contributed by atoms with Crippen LogP contribution in [-0.4, -0.2) is 9.97 Å². The topological polar surface area (TPSA) is 25.8 Å². The second-order valence-electron chi connectivity index (χ2n) is 3.63. The Morgan fingerprint density at radius 2 is 2.33 bits per heavy atom. The highest BCUT2D eigenvalue weighted by Gasteiger charge is 2.09. The number of nitrogens with zero attached hydrogens (tertiary/aromatic N) is 2. The third-order valence-electron chi connectivity index (χ3n) is 2.55. The van der Waals surface area contributed by atoms with Gasteiger partial charge in [0, 0.05) is 23.3 Å². The third-order valence-corrected chi connectivity index (χ3v) is 3.46. The lowest BCUT2D eigenvalue weighted by Gasteiger charge is -2.02. The van der Waals surface area contributed by atoms with Gasteiger partial charge in [0.15, 0.2) is 0 Å². The summed E-state index contributed by atoms with van der Waals surface area (Å²) in [6, 6.07) is 3.99. The molecule has 0 radical (unpaired) electrons. The molecule has 15 heavy (non-hydrogen) atoms. The summed E-state index contributed by atoms with van der Waals surface area (Å²) in [5.41, 5.74) is 2.30. The molecule has 0 N–H and O–H groups in total. The van der Waals surface area contributed by atoms with Gasteiger partial charge in [-0.2, -0.15) is 0 Å². The van der Waals surface area contributed by atoms with E-state index in [1.165, 1.54) is 5.69 Å². The van der Waals surface area contributed by atoms with Crippen molar-refractivity contribution in [3.05, 3.63) is 35.6 Å². The van der Waals surface area contributed by atoms with Gasteiger partial charge in [0.05, 0.1) is 5.69 Å². The van der Waals surface area contributed by atoms with E-state index in [0.717, 1.165) is 17.0 Å². The first-order valence-electron chi connectivity index (χ1n) is 5.17. The van der Waals surface area contributed by atoms with Crippen molar-refractivity contribution in [2.45, 2.75) is 26.2 Å². The Morgan fingerprint density at radius 1 is 1.47 bits per heavy atom. The Labute approximate surface area is 94.0 Å². The number of rotatable bonds is 3. The van der Waals surface area contributed by atoms with E-state index >= 15 is 0 Å². The van der Waals surface area contributed by atoms with E-state index in [0.29, 0.717) is 5.92 Å². The lowest BCUT2D eigenvalue weighted by Crippen LogP contribution is -1.90. The quantitative estimate of drug-likeness (QED) is 0.784. The Balaban J connectivity index is 2.28. The Hall–Kier alpha value is -1.22. The van der Waals surface area contributed by atoms with Gasteiger partial charge < -0.3 is 0 Å². The van der Waals surface area contributed by atoms with Crippen LogP contribution in [0.2, 0.25) is 0 Å². The number of hydrogen-bond donors (Lipinski definition) is 0. The van der Waals surface area contributed by atoms with Crippen LogP contribution in [0.3, 0.4) is 0 Å². The SMILES string of the molecule is CCC(C)c1csc(-c2cccnc2)n1. The highest BCUT2D eigenvalue weighted by molar-refractivity contribution is 7.13. The number of thiazole rings is 1. The fourth-order valence-electron chi connectivity index (χ4n) is 1.34. The zero-order valence-corrected chi connectivity index (χ0v) is 9.79. The monoisotopic (exact) mass is 218 g/mol. The van der Waals surface area contributed by atoms with Gasteiger partial charge in [-0.05, 0) is 24.5 Å². The first-order chi connectivity index (χ1) is 7.31. The zero-order valence-electron chi connectivity index (χ0n) is 8.97. The van der Waals surface area contributed by atoms with Crippen molar-refractivity contribution in [2.24, 2.45) is 0 Å². The Kier molecular flexibility index (Phi) is 3.11. The minimum atomic E-state index is 0.548. The number of hydrogen-bond acceptors (Lipinski definition) is 3. The van der Waals surface area contributed by atoms with Crippen molar-refractivity contribution in [3.8, 4) is 10.6 Å². The van der Waals surface area contributed by atoms with Crippen molar-refractivity contribution in [1.29, 1.82) is 0 Å². The maximum Gasteiger partial charge on any atom is 0.125 e. The van der Waals surface area contributed by atoms with Crippen LogP contribution >= 0.6 is 11.3 Å². The molecule has 0 saturated heterocycles. The number of pyridine rings is 1. The van der Waals surface area contributed by atoms with Crippen molar-refractivity contribution >= 4 is 11.3 Å². The summed E-state index contributed by atoms with van der Waals surface area (Å²) in [4.78, 5) is 8.73. The summed E-state index contributed by atoms with van der Waals surface area (Å²) in [5.74, 6) is 0.548. The molecular weight excluding hydrogens is 204 g/mol. The fraction of sp³-hybridized carbons (Fsp3) is 0.333. The van der Waals surface area contributed by atoms with Gasteiger partial charge in [0.1, 0.15) is 5.01 Å². The summed E-state index contributed by atoms with van der Waals surface area (Å²) < 4.78 is 0. The van der Waals surface area contributed by atoms with E-state index in [1.807, 2.05) is 18.3 Å². The van der Waals surface area contributed by atoms with Crippen LogP contribution in [0.5, 0.6) is 0 Å². The molecule has 0 aromatic carbocycles. The second-order valence-corrected chi connectivity index (χ2v) is 4.49. The van der Waals surface area contributed by atoms with Gasteiger partial charge in [-0.1, -0.05) is 13.8 Å². The second kappa shape index (κ2) is 4.53. The minimum absolute atomic E-state index is 0.548. The molecule has 0 saturated carbocycles. The molecule has 1 unspecified atom stereocenters. The van der Waals surface area contributed by atoms with Crippen LogP contribution in [0, 0.1) is 0 Å². The van der Waals surface area contributed by atoms with Crippen molar-refractivity contribution in [2.75, 3.05) is 0 Å². The molecule has 2 aromatic rings. The van der Waals surface area contributed by atoms with E-state index in [4.69, 9.17) is 0 Å². The fourth-order valence-corrected chi connectivity index (χ4v) is 2.28. The Bertz CT molecular complexity index is 422. The van der Waals surface area contributed by atoms with Crippen LogP contribution in [0.1, 0.15) is 31.9 Å². The van der Waals surface area contributed by atoms with Gasteiger partial charge in [-0.25, -0.2) is 4.98 Å². The first-order valence-corrected chi connectivity index (χ1v) is 6.05. The molecule has 0 amide bonds. The average molecular weight is 218 g/mol. The van der Waals surface area contributed by atoms with Gasteiger partial charge in [-0.3, -0.25) is 4.98 Å². The first kappa shape index (κ1) is 10.3. The average Bonchev–Trinajstić information content (AvgIpc) is 2.78. The molecule has 2 nitrogen and oxygen atoms in total. The smallest absolute Gasteiger partial charge is 0.125 e. The third kappa shape index (κ3) is 2.23. The van der Waals surface area contributed by atoms with Crippen LogP contribution in [0.4, 0.5) is 0 Å². The highest BCUT2D eigenvalue weighted by atomic mass is 32.1. The van der Waals surface area contributed by atoms with E-state index in [-0.39, 0.29) is 0 Å².